The van der Waals surface area contributed by atoms with Crippen molar-refractivity contribution < 1.29 is 4.52 Å². The molecule has 2 aromatic heterocycles. The average Bonchev–Trinajstić information content (AvgIpc) is 2.98. The molecule has 19 heavy (non-hydrogen) atoms. The summed E-state index contributed by atoms with van der Waals surface area (Å²) in [5.74, 6) is 1.37. The number of hydrogen-bond acceptors (Lipinski definition) is 5. The summed E-state index contributed by atoms with van der Waals surface area (Å²) in [7, 11) is 4.11. The smallest absolute Gasteiger partial charge is 0.228 e. The fourth-order valence-corrected chi connectivity index (χ4v) is 2.43. The van der Waals surface area contributed by atoms with E-state index in [-0.39, 0.29) is 0 Å². The summed E-state index contributed by atoms with van der Waals surface area (Å²) >= 11 is 0. The standard InChI is InChI=1S/C13H19N5O/c1-17-5-3-10(8-17)13-15-12(19-16-13)7-11-9-18(2)6-4-14-11/h3,5,8,11,14H,4,6-7,9H2,1-2H3. The van der Waals surface area contributed by atoms with Gasteiger partial charge in [0.15, 0.2) is 0 Å². The molecule has 2 aromatic rings. The zero-order chi connectivity index (χ0) is 13.2. The maximum Gasteiger partial charge on any atom is 0.228 e. The maximum atomic E-state index is 5.34. The van der Waals surface area contributed by atoms with Gasteiger partial charge in [0, 0.05) is 57.1 Å². The Hall–Kier alpha value is -1.66. The van der Waals surface area contributed by atoms with Crippen LogP contribution in [-0.4, -0.2) is 52.3 Å². The number of rotatable bonds is 3. The van der Waals surface area contributed by atoms with Crippen LogP contribution >= 0.6 is 0 Å². The SMILES string of the molecule is CN1CCNC(Cc2nc(-c3ccn(C)c3)no2)C1. The Morgan fingerprint density at radius 2 is 2.37 bits per heavy atom. The molecule has 6 nitrogen and oxygen atoms in total. The minimum atomic E-state index is 0.392. The number of nitrogens with zero attached hydrogens (tertiary/aromatic N) is 4. The largest absolute Gasteiger partial charge is 0.357 e. The highest BCUT2D eigenvalue weighted by Gasteiger charge is 2.20. The second kappa shape index (κ2) is 5.14. The molecule has 1 aliphatic heterocycles. The van der Waals surface area contributed by atoms with Crippen molar-refractivity contribution in [3.63, 3.8) is 0 Å². The van der Waals surface area contributed by atoms with E-state index < -0.39 is 0 Å². The Morgan fingerprint density at radius 1 is 1.47 bits per heavy atom. The van der Waals surface area contributed by atoms with Gasteiger partial charge in [-0.25, -0.2) is 0 Å². The molecular formula is C13H19N5O. The van der Waals surface area contributed by atoms with Gasteiger partial charge < -0.3 is 19.3 Å². The first-order chi connectivity index (χ1) is 9.20. The normalized spacial score (nSPS) is 20.8. The number of aryl methyl sites for hydroxylation is 1. The van der Waals surface area contributed by atoms with Crippen molar-refractivity contribution in [3.05, 3.63) is 24.4 Å². The van der Waals surface area contributed by atoms with Gasteiger partial charge in [-0.05, 0) is 13.1 Å². The van der Waals surface area contributed by atoms with Crippen molar-refractivity contribution in [2.45, 2.75) is 12.5 Å². The topological polar surface area (TPSA) is 59.1 Å². The third-order valence-corrected chi connectivity index (χ3v) is 3.44. The van der Waals surface area contributed by atoms with Gasteiger partial charge in [0.1, 0.15) is 0 Å². The number of hydrogen-bond donors (Lipinski definition) is 1. The molecule has 3 rings (SSSR count). The molecule has 0 bridgehead atoms. The molecular weight excluding hydrogens is 242 g/mol. The van der Waals surface area contributed by atoms with Gasteiger partial charge in [0.2, 0.25) is 11.7 Å². The third kappa shape index (κ3) is 2.85. The van der Waals surface area contributed by atoms with Crippen LogP contribution in [-0.2, 0) is 13.5 Å². The predicted molar refractivity (Wildman–Crippen MR) is 71.7 cm³/mol. The van der Waals surface area contributed by atoms with Gasteiger partial charge in [0.05, 0.1) is 0 Å². The Bertz CT molecular complexity index is 547. The second-order valence-corrected chi connectivity index (χ2v) is 5.19. The van der Waals surface area contributed by atoms with Gasteiger partial charge in [-0.15, -0.1) is 0 Å². The first kappa shape index (κ1) is 12.4. The summed E-state index contributed by atoms with van der Waals surface area (Å²) in [5.41, 5.74) is 0.992. The van der Waals surface area contributed by atoms with E-state index in [1.807, 2.05) is 30.1 Å². The van der Waals surface area contributed by atoms with E-state index in [9.17, 15) is 0 Å². The van der Waals surface area contributed by atoms with Gasteiger partial charge in [-0.1, -0.05) is 5.16 Å². The first-order valence-corrected chi connectivity index (χ1v) is 6.57. The van der Waals surface area contributed by atoms with Gasteiger partial charge >= 0.3 is 0 Å². The number of piperazine rings is 1. The zero-order valence-corrected chi connectivity index (χ0v) is 11.3. The van der Waals surface area contributed by atoms with E-state index in [4.69, 9.17) is 4.52 Å². The lowest BCUT2D eigenvalue weighted by Crippen LogP contribution is -2.49. The molecule has 0 aliphatic carbocycles. The van der Waals surface area contributed by atoms with E-state index in [2.05, 4.69) is 27.4 Å². The number of likely N-dealkylation sites (N-methyl/N-ethyl adjacent to an activating group) is 1. The van der Waals surface area contributed by atoms with E-state index in [0.717, 1.165) is 31.6 Å². The van der Waals surface area contributed by atoms with Crippen molar-refractivity contribution >= 4 is 0 Å². The van der Waals surface area contributed by atoms with Gasteiger partial charge in [-0.2, -0.15) is 4.98 Å². The molecule has 1 unspecified atom stereocenters. The van der Waals surface area contributed by atoms with E-state index in [0.29, 0.717) is 17.8 Å². The average molecular weight is 261 g/mol. The molecule has 0 spiro atoms. The summed E-state index contributed by atoms with van der Waals surface area (Å²) in [5, 5.41) is 7.52. The van der Waals surface area contributed by atoms with E-state index >= 15 is 0 Å². The molecule has 0 amide bonds. The van der Waals surface area contributed by atoms with Crippen molar-refractivity contribution in [3.8, 4) is 11.4 Å². The fourth-order valence-electron chi connectivity index (χ4n) is 2.43. The van der Waals surface area contributed by atoms with Crippen LogP contribution in [0, 0.1) is 0 Å². The van der Waals surface area contributed by atoms with Gasteiger partial charge in [-0.3, -0.25) is 0 Å². The zero-order valence-electron chi connectivity index (χ0n) is 11.3. The highest BCUT2D eigenvalue weighted by atomic mass is 16.5. The Kier molecular flexibility index (Phi) is 3.35. The molecule has 1 aliphatic rings. The molecule has 0 saturated carbocycles. The highest BCUT2D eigenvalue weighted by molar-refractivity contribution is 5.52. The monoisotopic (exact) mass is 261 g/mol. The second-order valence-electron chi connectivity index (χ2n) is 5.19. The lowest BCUT2D eigenvalue weighted by Gasteiger charge is -2.29. The van der Waals surface area contributed by atoms with Crippen LogP contribution in [0.25, 0.3) is 11.4 Å². The molecule has 0 aromatic carbocycles. The van der Waals surface area contributed by atoms with E-state index in [1.54, 1.807) is 0 Å². The quantitative estimate of drug-likeness (QED) is 0.873. The number of nitrogens with one attached hydrogen (secondary N) is 1. The van der Waals surface area contributed by atoms with Crippen LogP contribution in [0.2, 0.25) is 0 Å². The summed E-state index contributed by atoms with van der Waals surface area (Å²) in [4.78, 5) is 6.78. The molecule has 1 fully saturated rings. The van der Waals surface area contributed by atoms with Crippen molar-refractivity contribution in [1.29, 1.82) is 0 Å². The minimum absolute atomic E-state index is 0.392. The maximum absolute atomic E-state index is 5.34. The lowest BCUT2D eigenvalue weighted by molar-refractivity contribution is 0.227. The van der Waals surface area contributed by atoms with Crippen molar-refractivity contribution in [1.82, 2.24) is 24.9 Å². The molecule has 1 atom stereocenters. The molecule has 3 heterocycles. The van der Waals surface area contributed by atoms with Gasteiger partial charge in [0.25, 0.3) is 0 Å². The lowest BCUT2D eigenvalue weighted by atomic mass is 10.1. The Balaban J connectivity index is 1.68. The molecule has 102 valence electrons. The summed E-state index contributed by atoms with van der Waals surface area (Å²) in [6.45, 7) is 3.12. The number of aromatic nitrogens is 3. The predicted octanol–water partition coefficient (Wildman–Crippen LogP) is 0.521. The molecule has 0 radical (unpaired) electrons. The van der Waals surface area contributed by atoms with Crippen molar-refractivity contribution in [2.75, 3.05) is 26.7 Å². The summed E-state index contributed by atoms with van der Waals surface area (Å²) in [6, 6.07) is 2.38. The van der Waals surface area contributed by atoms with Crippen molar-refractivity contribution in [2.24, 2.45) is 7.05 Å². The van der Waals surface area contributed by atoms with Crippen LogP contribution in [0.4, 0.5) is 0 Å². The third-order valence-electron chi connectivity index (χ3n) is 3.44. The molecule has 1 saturated heterocycles. The highest BCUT2D eigenvalue weighted by Crippen LogP contribution is 2.16. The molecule has 6 heteroatoms. The van der Waals surface area contributed by atoms with Crippen LogP contribution in [0.3, 0.4) is 0 Å². The minimum Gasteiger partial charge on any atom is -0.357 e. The molecule has 1 N–H and O–H groups in total. The fraction of sp³-hybridized carbons (Fsp3) is 0.538. The Morgan fingerprint density at radius 3 is 3.11 bits per heavy atom. The van der Waals surface area contributed by atoms with Crippen LogP contribution in [0.15, 0.2) is 23.0 Å². The van der Waals surface area contributed by atoms with E-state index in [1.165, 1.54) is 0 Å². The van der Waals surface area contributed by atoms with Crippen LogP contribution in [0.5, 0.6) is 0 Å². The first-order valence-electron chi connectivity index (χ1n) is 6.57. The summed E-state index contributed by atoms with van der Waals surface area (Å²) < 4.78 is 7.31. The van der Waals surface area contributed by atoms with Crippen LogP contribution < -0.4 is 5.32 Å². The van der Waals surface area contributed by atoms with Crippen LogP contribution in [0.1, 0.15) is 5.89 Å². The Labute approximate surface area is 112 Å². The summed E-state index contributed by atoms with van der Waals surface area (Å²) in [6.07, 6.45) is 4.74.